The lowest BCUT2D eigenvalue weighted by Gasteiger charge is -2.38. The molecule has 2 aliphatic heterocycles. The molecule has 8 atom stereocenters. The van der Waals surface area contributed by atoms with Crippen molar-refractivity contribution in [2.75, 3.05) is 19.7 Å². The van der Waals surface area contributed by atoms with E-state index in [2.05, 4.69) is 21.3 Å². The molecule has 2 saturated carbocycles. The Kier molecular flexibility index (Phi) is 16.3. The van der Waals surface area contributed by atoms with E-state index in [1.54, 1.807) is 6.92 Å². The summed E-state index contributed by atoms with van der Waals surface area (Å²) in [4.78, 5) is 135. The van der Waals surface area contributed by atoms with E-state index >= 15 is 0 Å². The van der Waals surface area contributed by atoms with Crippen molar-refractivity contribution < 1.29 is 57.9 Å². The van der Waals surface area contributed by atoms with E-state index in [0.29, 0.717) is 19.3 Å². The standard InChI is InChI=1S/C50H66N8O13/c1-8-11-35(46(65)57-19-10-18-50(57,7)48(68)52-28(4)25-71-40-26(2)12-9-13-27(40)3)54-44(63)39-38-33(49(38,5)6)24-56(39)45(64)36(20-29-14-15-29)55-43(62)34(16-17-37(59)41(51)60)53-42(61)30-21-31(47(66)67)23-32(22-30)58(69)70/h9,12-13,21-23,28-29,33-36,38-39H,8,10-11,14-20,24-25H2,1-7H3,(H2,51,60)(H,52,68)(H,53,61)(H,54,63)(H,55,62)(H,66,67)/t28?,33?,34-,35-,36?,38-,39-,50-/m0/s1. The summed E-state index contributed by atoms with van der Waals surface area (Å²) in [5, 5.41) is 32.2. The van der Waals surface area contributed by atoms with Crippen LogP contribution in [0, 0.1) is 47.1 Å². The van der Waals surface area contributed by atoms with Gasteiger partial charge in [0.1, 0.15) is 42.1 Å². The number of carbonyl (C=O) groups is 9. The molecule has 384 valence electrons. The van der Waals surface area contributed by atoms with Gasteiger partial charge in [-0.2, -0.15) is 0 Å². The van der Waals surface area contributed by atoms with Gasteiger partial charge in [-0.05, 0) is 100 Å². The number of aryl methyl sites for hydroxylation is 2. The summed E-state index contributed by atoms with van der Waals surface area (Å²) in [7, 11) is 0. The van der Waals surface area contributed by atoms with E-state index in [9.17, 15) is 58.4 Å². The number of carbonyl (C=O) groups excluding carboxylic acids is 8. The van der Waals surface area contributed by atoms with Gasteiger partial charge in [0.05, 0.1) is 16.5 Å². The molecule has 0 bridgehead atoms. The number of nitrogens with two attached hydrogens (primary N) is 1. The van der Waals surface area contributed by atoms with Crippen LogP contribution in [0.5, 0.6) is 5.75 Å². The number of hydrogen-bond donors (Lipinski definition) is 6. The second-order valence-corrected chi connectivity index (χ2v) is 20.4. The molecule has 0 aromatic heterocycles. The number of nitro benzene ring substituents is 1. The Bertz CT molecular complexity index is 2440. The Hall–Kier alpha value is -6.93. The van der Waals surface area contributed by atoms with Gasteiger partial charge in [-0.25, -0.2) is 4.79 Å². The van der Waals surface area contributed by atoms with E-state index < -0.39 is 118 Å². The summed E-state index contributed by atoms with van der Waals surface area (Å²) in [6, 6.07) is 2.91. The zero-order valence-corrected chi connectivity index (χ0v) is 41.3. The number of likely N-dealkylation sites (tertiary alicyclic amines) is 2. The van der Waals surface area contributed by atoms with Crippen LogP contribution in [0.1, 0.15) is 124 Å². The first kappa shape index (κ1) is 53.4. The number of aromatic carboxylic acids is 1. The molecule has 2 aromatic carbocycles. The van der Waals surface area contributed by atoms with Gasteiger partial charge in [-0.3, -0.25) is 48.5 Å². The predicted molar refractivity (Wildman–Crippen MR) is 255 cm³/mol. The number of amides is 7. The van der Waals surface area contributed by atoms with Crippen LogP contribution in [-0.2, 0) is 33.6 Å². The fourth-order valence-corrected chi connectivity index (χ4v) is 10.3. The van der Waals surface area contributed by atoms with E-state index in [1.165, 1.54) is 9.80 Å². The Morgan fingerprint density at radius 3 is 2.17 bits per heavy atom. The van der Waals surface area contributed by atoms with E-state index in [1.807, 2.05) is 59.7 Å². The molecule has 6 rings (SSSR count). The number of rotatable bonds is 23. The van der Waals surface area contributed by atoms with Crippen molar-refractivity contribution in [2.24, 2.45) is 28.9 Å². The monoisotopic (exact) mass is 986 g/mol. The maximum Gasteiger partial charge on any atom is 0.335 e. The zero-order valence-electron chi connectivity index (χ0n) is 41.3. The predicted octanol–water partition coefficient (Wildman–Crippen LogP) is 2.86. The molecule has 2 aliphatic carbocycles. The van der Waals surface area contributed by atoms with Crippen LogP contribution in [0.4, 0.5) is 5.69 Å². The number of fused-ring (bicyclic) bond motifs is 1. The SMILES string of the molecule is CCC[C@H](NC(=O)[C@@H]1[C@@H]2C(CN1C(=O)C(CC1CC1)NC(=O)[C@H](CCC(=O)C(N)=O)NC(=O)c1cc(C(=O)O)cc([N+](=O)[O-])c1)C2(C)C)C(=O)N1CCC[C@@]1(C)C(=O)NC(C)COc1c(C)cccc1C. The average Bonchev–Trinajstić information content (AvgIpc) is 4.09. The number of nitro groups is 1. The topological polar surface area (TPSA) is 307 Å². The van der Waals surface area contributed by atoms with Gasteiger partial charge in [0.25, 0.3) is 17.5 Å². The summed E-state index contributed by atoms with van der Waals surface area (Å²) in [5.41, 5.74) is 3.72. The molecule has 2 heterocycles. The highest BCUT2D eigenvalue weighted by molar-refractivity contribution is 6.35. The lowest BCUT2D eigenvalue weighted by Crippen LogP contribution is -2.62. The fourth-order valence-electron chi connectivity index (χ4n) is 10.3. The van der Waals surface area contributed by atoms with Gasteiger partial charge < -0.3 is 46.6 Å². The molecule has 7 N–H and O–H groups in total. The Morgan fingerprint density at radius 1 is 0.901 bits per heavy atom. The third kappa shape index (κ3) is 12.0. The number of benzene rings is 2. The number of ketones is 1. The molecule has 7 amide bonds. The van der Waals surface area contributed by atoms with E-state index in [-0.39, 0.29) is 61.6 Å². The van der Waals surface area contributed by atoms with Gasteiger partial charge in [0, 0.05) is 37.2 Å². The molecule has 21 nitrogen and oxygen atoms in total. The van der Waals surface area contributed by atoms with Crippen LogP contribution in [0.15, 0.2) is 36.4 Å². The number of hydrogen-bond acceptors (Lipinski definition) is 12. The smallest absolute Gasteiger partial charge is 0.335 e. The molecule has 2 aromatic rings. The number of Topliss-reactive ketones (excluding diaryl/α,β-unsaturated/α-hetero) is 1. The van der Waals surface area contributed by atoms with Crippen molar-refractivity contribution in [3.8, 4) is 5.75 Å². The van der Waals surface area contributed by atoms with Gasteiger partial charge >= 0.3 is 5.97 Å². The fraction of sp³-hybridized carbons (Fsp3) is 0.580. The summed E-state index contributed by atoms with van der Waals surface area (Å²) in [6.07, 6.45) is 2.25. The highest BCUT2D eigenvalue weighted by atomic mass is 16.6. The van der Waals surface area contributed by atoms with Crippen molar-refractivity contribution >= 4 is 58.8 Å². The number of carboxylic acid groups (broad SMARTS) is 1. The first-order chi connectivity index (χ1) is 33.4. The lowest BCUT2D eigenvalue weighted by atomic mass is 9.95. The number of para-hydroxylation sites is 1. The van der Waals surface area contributed by atoms with Crippen LogP contribution >= 0.6 is 0 Å². The molecule has 71 heavy (non-hydrogen) atoms. The molecule has 4 fully saturated rings. The first-order valence-corrected chi connectivity index (χ1v) is 24.3. The molecule has 0 radical (unpaired) electrons. The minimum atomic E-state index is -1.63. The number of non-ortho nitro benzene ring substituents is 1. The molecular weight excluding hydrogens is 921 g/mol. The second-order valence-electron chi connectivity index (χ2n) is 20.4. The Morgan fingerprint density at radius 2 is 1.56 bits per heavy atom. The normalized spacial score (nSPS) is 22.4. The van der Waals surface area contributed by atoms with Crippen molar-refractivity contribution in [1.29, 1.82) is 0 Å². The van der Waals surface area contributed by atoms with Crippen LogP contribution in [0.3, 0.4) is 0 Å². The third-order valence-corrected chi connectivity index (χ3v) is 14.7. The van der Waals surface area contributed by atoms with Gasteiger partial charge in [0.15, 0.2) is 0 Å². The first-order valence-electron chi connectivity index (χ1n) is 24.3. The van der Waals surface area contributed by atoms with Crippen LogP contribution in [0.25, 0.3) is 0 Å². The number of nitrogens with one attached hydrogen (secondary N) is 4. The summed E-state index contributed by atoms with van der Waals surface area (Å²) in [6.45, 7) is 13.9. The lowest BCUT2D eigenvalue weighted by molar-refractivity contribution is -0.384. The van der Waals surface area contributed by atoms with Crippen molar-refractivity contribution in [3.63, 3.8) is 0 Å². The van der Waals surface area contributed by atoms with Crippen molar-refractivity contribution in [2.45, 2.75) is 142 Å². The average molecular weight is 987 g/mol. The maximum absolute atomic E-state index is 14.8. The molecule has 4 aliphatic rings. The highest BCUT2D eigenvalue weighted by Gasteiger charge is 2.70. The number of primary amides is 1. The maximum atomic E-state index is 14.8. The summed E-state index contributed by atoms with van der Waals surface area (Å²) in [5.74, 6) is -7.56. The minimum absolute atomic E-state index is 0.0280. The van der Waals surface area contributed by atoms with Crippen molar-refractivity contribution in [1.82, 2.24) is 31.1 Å². The number of piperidine rings is 1. The number of ether oxygens (including phenoxy) is 1. The quantitative estimate of drug-likeness (QED) is 0.0531. The zero-order chi connectivity index (χ0) is 52.3. The van der Waals surface area contributed by atoms with Gasteiger partial charge in [0.2, 0.25) is 35.3 Å². The highest BCUT2D eigenvalue weighted by Crippen LogP contribution is 2.65. The molecule has 2 saturated heterocycles. The van der Waals surface area contributed by atoms with Crippen LogP contribution < -0.4 is 31.7 Å². The Balaban J connectivity index is 1.19. The van der Waals surface area contributed by atoms with E-state index in [0.717, 1.165) is 47.9 Å². The van der Waals surface area contributed by atoms with Crippen LogP contribution in [0.2, 0.25) is 0 Å². The minimum Gasteiger partial charge on any atom is -0.491 e. The molecule has 21 heteroatoms. The second kappa shape index (κ2) is 21.6. The molecular formula is C50H66N8O13. The number of carboxylic acids is 1. The van der Waals surface area contributed by atoms with Gasteiger partial charge in [-0.15, -0.1) is 0 Å². The van der Waals surface area contributed by atoms with Gasteiger partial charge in [-0.1, -0.05) is 58.2 Å². The Labute approximate surface area is 411 Å². The summed E-state index contributed by atoms with van der Waals surface area (Å²) >= 11 is 0. The largest absolute Gasteiger partial charge is 0.491 e. The van der Waals surface area contributed by atoms with Crippen LogP contribution in [-0.4, -0.2) is 128 Å². The molecule has 3 unspecified atom stereocenters. The molecule has 0 spiro atoms. The van der Waals surface area contributed by atoms with E-state index in [4.69, 9.17) is 10.5 Å². The summed E-state index contributed by atoms with van der Waals surface area (Å²) < 4.78 is 6.09. The van der Waals surface area contributed by atoms with Crippen molar-refractivity contribution in [3.05, 3.63) is 68.8 Å². The third-order valence-electron chi connectivity index (χ3n) is 14.7. The number of nitrogens with zero attached hydrogens (tertiary/aromatic N) is 3.